The Kier molecular flexibility index (Phi) is 4.90. The minimum absolute atomic E-state index is 0.00106. The number of carbonyl (C=O) groups is 2. The largest absolute Gasteiger partial charge is 0.504 e. The van der Waals surface area contributed by atoms with Gasteiger partial charge in [-0.2, -0.15) is 0 Å². The highest BCUT2D eigenvalue weighted by molar-refractivity contribution is 6.16. The number of nitrogens with zero attached hydrogens (tertiary/aromatic N) is 1. The quantitative estimate of drug-likeness (QED) is 0.420. The van der Waals surface area contributed by atoms with Crippen LogP contribution in [-0.2, 0) is 11.3 Å². The molecule has 4 aromatic rings. The summed E-state index contributed by atoms with van der Waals surface area (Å²) in [6.45, 7) is 0.0145. The maximum absolute atomic E-state index is 13.5. The van der Waals surface area contributed by atoms with Crippen LogP contribution in [0.15, 0.2) is 87.1 Å². The zero-order chi connectivity index (χ0) is 23.1. The van der Waals surface area contributed by atoms with Crippen LogP contribution in [0.2, 0.25) is 0 Å². The van der Waals surface area contributed by atoms with Crippen molar-refractivity contribution in [2.24, 2.45) is 0 Å². The monoisotopic (exact) mass is 445 g/mol. The van der Waals surface area contributed by atoms with Crippen molar-refractivity contribution < 1.29 is 33.4 Å². The molecule has 1 aliphatic rings. The molecule has 0 spiro atoms. The summed E-state index contributed by atoms with van der Waals surface area (Å²) in [4.78, 5) is 27.9. The molecule has 166 valence electrons. The number of hydrogen-bond acceptors (Lipinski definition) is 7. The van der Waals surface area contributed by atoms with E-state index < -0.39 is 23.5 Å². The van der Waals surface area contributed by atoms with Gasteiger partial charge in [0.05, 0.1) is 31.5 Å². The van der Waals surface area contributed by atoms with Crippen LogP contribution in [-0.4, -0.2) is 33.9 Å². The van der Waals surface area contributed by atoms with Crippen LogP contribution in [0.25, 0.3) is 11.0 Å². The Morgan fingerprint density at radius 1 is 1.09 bits per heavy atom. The number of Topliss-reactive ketones (excluding diaryl/α,β-unsaturated/α-hetero) is 1. The Morgan fingerprint density at radius 2 is 1.91 bits per heavy atom. The second kappa shape index (κ2) is 7.90. The first-order chi connectivity index (χ1) is 16.0. The fraction of sp³-hybridized carbons (Fsp3) is 0.120. The number of phenols is 1. The number of furan rings is 2. The summed E-state index contributed by atoms with van der Waals surface area (Å²) in [6.07, 6.45) is 1.47. The molecular formula is C25H19NO7. The second-order valence-corrected chi connectivity index (χ2v) is 7.59. The highest BCUT2D eigenvalue weighted by Gasteiger charge is 2.45. The van der Waals surface area contributed by atoms with Gasteiger partial charge in [-0.25, -0.2) is 0 Å². The number of aliphatic hydroxyl groups is 1. The number of amides is 1. The first kappa shape index (κ1) is 20.4. The smallest absolute Gasteiger partial charge is 0.290 e. The van der Waals surface area contributed by atoms with Crippen LogP contribution in [0, 0.1) is 0 Å². The molecular weight excluding hydrogens is 426 g/mol. The van der Waals surface area contributed by atoms with E-state index >= 15 is 0 Å². The minimum Gasteiger partial charge on any atom is -0.504 e. The number of methoxy groups -OCH3 is 1. The van der Waals surface area contributed by atoms with Gasteiger partial charge in [-0.1, -0.05) is 24.3 Å². The summed E-state index contributed by atoms with van der Waals surface area (Å²) >= 11 is 0. The molecule has 2 N–H and O–H groups in total. The van der Waals surface area contributed by atoms with Gasteiger partial charge in [-0.05, 0) is 42.0 Å². The van der Waals surface area contributed by atoms with Crippen molar-refractivity contribution in [1.82, 2.24) is 4.90 Å². The van der Waals surface area contributed by atoms with E-state index in [1.165, 1.54) is 30.4 Å². The Bertz CT molecular complexity index is 1360. The van der Waals surface area contributed by atoms with Gasteiger partial charge in [-0.15, -0.1) is 0 Å². The van der Waals surface area contributed by atoms with Gasteiger partial charge in [0.15, 0.2) is 23.0 Å². The number of para-hydroxylation sites is 1. The van der Waals surface area contributed by atoms with Crippen LogP contribution < -0.4 is 4.74 Å². The number of aromatic hydroxyl groups is 1. The number of hydrogen-bond donors (Lipinski definition) is 2. The predicted molar refractivity (Wildman–Crippen MR) is 117 cm³/mol. The molecule has 3 heterocycles. The van der Waals surface area contributed by atoms with E-state index in [9.17, 15) is 19.8 Å². The summed E-state index contributed by atoms with van der Waals surface area (Å²) in [5.41, 5.74) is 0.854. The zero-order valence-electron chi connectivity index (χ0n) is 17.5. The average Bonchev–Trinajstić information content (AvgIpc) is 3.54. The standard InChI is InChI=1S/C25H19NO7/c1-31-19-12-15(8-9-17(19)27)22-21(23(28)20-11-14-5-2-3-7-18(14)33-20)24(29)25(30)26(22)13-16-6-4-10-32-16/h2-12,22,27,29H,13H2,1H3/t22-/m1/s1. The Hall–Kier alpha value is -4.46. The third kappa shape index (κ3) is 3.41. The van der Waals surface area contributed by atoms with Crippen LogP contribution in [0.3, 0.4) is 0 Å². The first-order valence-electron chi connectivity index (χ1n) is 10.1. The molecule has 5 rings (SSSR count). The lowest BCUT2D eigenvalue weighted by Crippen LogP contribution is -2.30. The molecule has 33 heavy (non-hydrogen) atoms. The van der Waals surface area contributed by atoms with Crippen molar-refractivity contribution in [3.63, 3.8) is 0 Å². The number of fused-ring (bicyclic) bond motifs is 1. The van der Waals surface area contributed by atoms with Gasteiger partial charge < -0.3 is 28.7 Å². The molecule has 0 fully saturated rings. The lowest BCUT2D eigenvalue weighted by molar-refractivity contribution is -0.130. The van der Waals surface area contributed by atoms with E-state index in [0.29, 0.717) is 16.9 Å². The van der Waals surface area contributed by atoms with E-state index in [2.05, 4.69) is 0 Å². The maximum Gasteiger partial charge on any atom is 0.290 e. The van der Waals surface area contributed by atoms with Crippen molar-refractivity contribution in [1.29, 1.82) is 0 Å². The summed E-state index contributed by atoms with van der Waals surface area (Å²) < 4.78 is 16.3. The molecule has 0 unspecified atom stereocenters. The first-order valence-corrected chi connectivity index (χ1v) is 10.1. The predicted octanol–water partition coefficient (Wildman–Crippen LogP) is 4.52. The second-order valence-electron chi connectivity index (χ2n) is 7.59. The Morgan fingerprint density at radius 3 is 2.64 bits per heavy atom. The molecule has 0 saturated heterocycles. The number of ether oxygens (including phenoxy) is 1. The van der Waals surface area contributed by atoms with Gasteiger partial charge in [0, 0.05) is 5.39 Å². The van der Waals surface area contributed by atoms with Crippen LogP contribution in [0.5, 0.6) is 11.5 Å². The SMILES string of the molecule is COc1cc([C@@H]2C(C(=O)c3cc4ccccc4o3)=C(O)C(=O)N2Cc2ccco2)ccc1O. The summed E-state index contributed by atoms with van der Waals surface area (Å²) in [5.74, 6) is -1.45. The molecule has 1 aliphatic heterocycles. The fourth-order valence-electron chi connectivity index (χ4n) is 4.06. The molecule has 1 atom stereocenters. The average molecular weight is 445 g/mol. The molecule has 0 saturated carbocycles. The van der Waals surface area contributed by atoms with E-state index in [1.54, 1.807) is 42.5 Å². The van der Waals surface area contributed by atoms with Crippen molar-refractivity contribution in [2.45, 2.75) is 12.6 Å². The van der Waals surface area contributed by atoms with E-state index in [-0.39, 0.29) is 29.4 Å². The molecule has 1 amide bonds. The molecule has 2 aromatic carbocycles. The number of rotatable bonds is 6. The van der Waals surface area contributed by atoms with Crippen molar-refractivity contribution in [3.8, 4) is 11.5 Å². The minimum atomic E-state index is -0.960. The van der Waals surface area contributed by atoms with Gasteiger partial charge in [0.25, 0.3) is 5.91 Å². The Labute approximate surface area is 187 Å². The number of ketones is 1. The summed E-state index contributed by atoms with van der Waals surface area (Å²) in [6, 6.07) is 15.6. The third-order valence-corrected chi connectivity index (χ3v) is 5.62. The number of phenolic OH excluding ortho intramolecular Hbond substituents is 1. The third-order valence-electron chi connectivity index (χ3n) is 5.62. The number of carbonyl (C=O) groups excluding carboxylic acids is 2. The van der Waals surface area contributed by atoms with Crippen molar-refractivity contribution in [2.75, 3.05) is 7.11 Å². The highest BCUT2D eigenvalue weighted by atomic mass is 16.5. The molecule has 0 aliphatic carbocycles. The maximum atomic E-state index is 13.5. The van der Waals surface area contributed by atoms with E-state index in [4.69, 9.17) is 13.6 Å². The molecule has 2 aromatic heterocycles. The van der Waals surface area contributed by atoms with Gasteiger partial charge in [-0.3, -0.25) is 9.59 Å². The summed E-state index contributed by atoms with van der Waals surface area (Å²) in [5, 5.41) is 21.5. The van der Waals surface area contributed by atoms with Gasteiger partial charge >= 0.3 is 0 Å². The van der Waals surface area contributed by atoms with Crippen LogP contribution in [0.4, 0.5) is 0 Å². The van der Waals surface area contributed by atoms with E-state index in [0.717, 1.165) is 5.39 Å². The molecule has 8 nitrogen and oxygen atoms in total. The highest BCUT2D eigenvalue weighted by Crippen LogP contribution is 2.42. The molecule has 8 heteroatoms. The molecule has 0 bridgehead atoms. The lowest BCUT2D eigenvalue weighted by Gasteiger charge is -2.26. The summed E-state index contributed by atoms with van der Waals surface area (Å²) in [7, 11) is 1.40. The number of aliphatic hydroxyl groups excluding tert-OH is 1. The van der Waals surface area contributed by atoms with Gasteiger partial charge in [0.2, 0.25) is 5.78 Å². The lowest BCUT2D eigenvalue weighted by atomic mass is 9.94. The number of benzene rings is 2. The normalized spacial score (nSPS) is 16.1. The van der Waals surface area contributed by atoms with Crippen molar-refractivity contribution in [3.05, 3.63) is 95.3 Å². The van der Waals surface area contributed by atoms with Crippen LogP contribution in [0.1, 0.15) is 27.9 Å². The van der Waals surface area contributed by atoms with Crippen molar-refractivity contribution >= 4 is 22.7 Å². The Balaban J connectivity index is 1.63. The van der Waals surface area contributed by atoms with E-state index in [1.807, 2.05) is 6.07 Å². The molecule has 0 radical (unpaired) electrons. The fourth-order valence-corrected chi connectivity index (χ4v) is 4.06. The zero-order valence-corrected chi connectivity index (χ0v) is 17.5. The van der Waals surface area contributed by atoms with Crippen LogP contribution >= 0.6 is 0 Å². The van der Waals surface area contributed by atoms with Gasteiger partial charge in [0.1, 0.15) is 11.3 Å². The topological polar surface area (TPSA) is 113 Å².